The van der Waals surface area contributed by atoms with Crippen molar-refractivity contribution in [1.82, 2.24) is 5.32 Å². The molecule has 0 aliphatic heterocycles. The molecular formula is C18H21N3O2S. The normalized spacial score (nSPS) is 12.4. The van der Waals surface area contributed by atoms with E-state index in [1.807, 2.05) is 49.4 Å². The third kappa shape index (κ3) is 5.69. The summed E-state index contributed by atoms with van der Waals surface area (Å²) in [7, 11) is -3.28. The Morgan fingerprint density at radius 2 is 1.79 bits per heavy atom. The van der Waals surface area contributed by atoms with Gasteiger partial charge in [0.15, 0.2) is 0 Å². The van der Waals surface area contributed by atoms with E-state index >= 15 is 0 Å². The predicted molar refractivity (Wildman–Crippen MR) is 95.9 cm³/mol. The fourth-order valence-corrected chi connectivity index (χ4v) is 2.90. The number of anilines is 1. The lowest BCUT2D eigenvalue weighted by atomic mass is 10.1. The van der Waals surface area contributed by atoms with Crippen LogP contribution in [0.25, 0.3) is 0 Å². The number of nitrogens with one attached hydrogen (secondary N) is 2. The maximum absolute atomic E-state index is 11.3. The van der Waals surface area contributed by atoms with Crippen molar-refractivity contribution in [1.29, 1.82) is 5.26 Å². The first-order valence-corrected chi connectivity index (χ1v) is 9.52. The van der Waals surface area contributed by atoms with Crippen LogP contribution in [-0.2, 0) is 23.0 Å². The lowest BCUT2D eigenvalue weighted by Gasteiger charge is -2.16. The molecule has 0 amide bonds. The van der Waals surface area contributed by atoms with E-state index in [0.29, 0.717) is 18.7 Å². The van der Waals surface area contributed by atoms with Gasteiger partial charge in [-0.3, -0.25) is 4.72 Å². The predicted octanol–water partition coefficient (Wildman–Crippen LogP) is 2.97. The zero-order valence-electron chi connectivity index (χ0n) is 13.8. The summed E-state index contributed by atoms with van der Waals surface area (Å²) in [5.74, 6) is 0. The van der Waals surface area contributed by atoms with E-state index in [0.717, 1.165) is 22.9 Å². The van der Waals surface area contributed by atoms with Crippen molar-refractivity contribution in [3.8, 4) is 6.07 Å². The van der Waals surface area contributed by atoms with Gasteiger partial charge in [0.25, 0.3) is 0 Å². The van der Waals surface area contributed by atoms with Crippen LogP contribution in [-0.4, -0.2) is 14.7 Å². The van der Waals surface area contributed by atoms with Crippen molar-refractivity contribution in [2.24, 2.45) is 0 Å². The standard InChI is InChI=1S/C18H21N3O2S/c1-14(17-4-3-5-18(12-17)21-24(2,22)23)20-13-16-8-6-15(7-9-16)10-11-19/h3-9,12,14,20-21H,10,13H2,1-2H3/t14-/m1/s1. The number of nitrogens with zero attached hydrogens (tertiary/aromatic N) is 1. The number of sulfonamides is 1. The molecule has 0 aliphatic rings. The highest BCUT2D eigenvalue weighted by atomic mass is 32.2. The molecule has 0 radical (unpaired) electrons. The fourth-order valence-electron chi connectivity index (χ4n) is 2.34. The van der Waals surface area contributed by atoms with Gasteiger partial charge in [-0.25, -0.2) is 8.42 Å². The van der Waals surface area contributed by atoms with Gasteiger partial charge in [0.1, 0.15) is 0 Å². The highest BCUT2D eigenvalue weighted by molar-refractivity contribution is 7.92. The summed E-state index contributed by atoms with van der Waals surface area (Å²) >= 11 is 0. The first-order chi connectivity index (χ1) is 11.4. The Morgan fingerprint density at radius 1 is 1.12 bits per heavy atom. The van der Waals surface area contributed by atoms with E-state index in [-0.39, 0.29) is 6.04 Å². The molecule has 2 aromatic carbocycles. The topological polar surface area (TPSA) is 82.0 Å². The molecule has 0 saturated heterocycles. The van der Waals surface area contributed by atoms with Crippen LogP contribution >= 0.6 is 0 Å². The van der Waals surface area contributed by atoms with Crippen LogP contribution in [0.15, 0.2) is 48.5 Å². The van der Waals surface area contributed by atoms with Crippen molar-refractivity contribution in [2.45, 2.75) is 25.9 Å². The summed E-state index contributed by atoms with van der Waals surface area (Å²) in [4.78, 5) is 0. The molecule has 0 saturated carbocycles. The van der Waals surface area contributed by atoms with Crippen LogP contribution in [0.2, 0.25) is 0 Å². The minimum atomic E-state index is -3.28. The van der Waals surface area contributed by atoms with E-state index in [2.05, 4.69) is 16.1 Å². The van der Waals surface area contributed by atoms with Gasteiger partial charge in [-0.05, 0) is 35.7 Å². The number of benzene rings is 2. The minimum Gasteiger partial charge on any atom is -0.306 e. The fraction of sp³-hybridized carbons (Fsp3) is 0.278. The number of hydrogen-bond acceptors (Lipinski definition) is 4. The maximum atomic E-state index is 11.3. The summed E-state index contributed by atoms with van der Waals surface area (Å²) < 4.78 is 25.1. The summed E-state index contributed by atoms with van der Waals surface area (Å²) in [6.45, 7) is 2.72. The molecule has 6 heteroatoms. The van der Waals surface area contributed by atoms with E-state index in [9.17, 15) is 8.42 Å². The average molecular weight is 343 g/mol. The third-order valence-electron chi connectivity index (χ3n) is 3.61. The number of rotatable bonds is 7. The molecule has 2 N–H and O–H groups in total. The Morgan fingerprint density at radius 3 is 2.42 bits per heavy atom. The Bertz CT molecular complexity index is 824. The highest BCUT2D eigenvalue weighted by Crippen LogP contribution is 2.18. The van der Waals surface area contributed by atoms with Crippen LogP contribution < -0.4 is 10.0 Å². The second-order valence-corrected chi connectivity index (χ2v) is 7.50. The maximum Gasteiger partial charge on any atom is 0.229 e. The smallest absolute Gasteiger partial charge is 0.229 e. The molecule has 2 aromatic rings. The second kappa shape index (κ2) is 7.95. The molecule has 5 nitrogen and oxygen atoms in total. The van der Waals surface area contributed by atoms with Gasteiger partial charge in [0.05, 0.1) is 18.7 Å². The van der Waals surface area contributed by atoms with Crippen molar-refractivity contribution in [3.05, 3.63) is 65.2 Å². The monoisotopic (exact) mass is 343 g/mol. The molecule has 0 heterocycles. The van der Waals surface area contributed by atoms with Crippen LogP contribution in [0.4, 0.5) is 5.69 Å². The third-order valence-corrected chi connectivity index (χ3v) is 4.21. The molecule has 126 valence electrons. The van der Waals surface area contributed by atoms with Crippen molar-refractivity contribution in [2.75, 3.05) is 11.0 Å². The lowest BCUT2D eigenvalue weighted by Crippen LogP contribution is -2.18. The summed E-state index contributed by atoms with van der Waals surface area (Å²) in [6, 6.07) is 17.5. The summed E-state index contributed by atoms with van der Waals surface area (Å²) in [5, 5.41) is 12.1. The highest BCUT2D eigenvalue weighted by Gasteiger charge is 2.08. The van der Waals surface area contributed by atoms with Gasteiger partial charge in [-0.2, -0.15) is 5.26 Å². The quantitative estimate of drug-likeness (QED) is 0.810. The Hall–Kier alpha value is -2.36. The summed E-state index contributed by atoms with van der Waals surface area (Å²) in [6.07, 6.45) is 1.56. The first-order valence-electron chi connectivity index (χ1n) is 7.63. The van der Waals surface area contributed by atoms with Gasteiger partial charge >= 0.3 is 0 Å². The van der Waals surface area contributed by atoms with Gasteiger partial charge in [-0.1, -0.05) is 36.4 Å². The molecule has 0 aromatic heterocycles. The van der Waals surface area contributed by atoms with Crippen LogP contribution in [0.5, 0.6) is 0 Å². The lowest BCUT2D eigenvalue weighted by molar-refractivity contribution is 0.575. The molecular weight excluding hydrogens is 322 g/mol. The zero-order chi connectivity index (χ0) is 17.6. The Balaban J connectivity index is 1.98. The van der Waals surface area contributed by atoms with Gasteiger partial charge in [0.2, 0.25) is 10.0 Å². The average Bonchev–Trinajstić information content (AvgIpc) is 2.53. The molecule has 1 atom stereocenters. The van der Waals surface area contributed by atoms with Crippen molar-refractivity contribution < 1.29 is 8.42 Å². The molecule has 2 rings (SSSR count). The van der Waals surface area contributed by atoms with Crippen molar-refractivity contribution >= 4 is 15.7 Å². The minimum absolute atomic E-state index is 0.0742. The Kier molecular flexibility index (Phi) is 5.96. The summed E-state index contributed by atoms with van der Waals surface area (Å²) in [5.41, 5.74) is 3.71. The number of nitriles is 1. The largest absolute Gasteiger partial charge is 0.306 e. The Labute approximate surface area is 143 Å². The van der Waals surface area contributed by atoms with Crippen LogP contribution in [0, 0.1) is 11.3 Å². The molecule has 0 unspecified atom stereocenters. The first kappa shape index (κ1) is 18.0. The SMILES string of the molecule is C[C@@H](NCc1ccc(CC#N)cc1)c1cccc(NS(C)(=O)=O)c1. The van der Waals surface area contributed by atoms with E-state index in [4.69, 9.17) is 5.26 Å². The van der Waals surface area contributed by atoms with Gasteiger partial charge in [-0.15, -0.1) is 0 Å². The van der Waals surface area contributed by atoms with Gasteiger partial charge < -0.3 is 5.32 Å². The van der Waals surface area contributed by atoms with Crippen LogP contribution in [0.1, 0.15) is 29.7 Å². The van der Waals surface area contributed by atoms with E-state index < -0.39 is 10.0 Å². The zero-order valence-corrected chi connectivity index (χ0v) is 14.6. The molecule has 0 spiro atoms. The van der Waals surface area contributed by atoms with Gasteiger partial charge in [0, 0.05) is 18.3 Å². The second-order valence-electron chi connectivity index (χ2n) is 5.75. The molecule has 0 aliphatic carbocycles. The van der Waals surface area contributed by atoms with Crippen molar-refractivity contribution in [3.63, 3.8) is 0 Å². The molecule has 24 heavy (non-hydrogen) atoms. The van der Waals surface area contributed by atoms with Crippen LogP contribution in [0.3, 0.4) is 0 Å². The van der Waals surface area contributed by atoms with E-state index in [1.54, 1.807) is 6.07 Å². The number of hydrogen-bond donors (Lipinski definition) is 2. The van der Waals surface area contributed by atoms with E-state index in [1.165, 1.54) is 0 Å². The molecule has 0 bridgehead atoms. The molecule has 0 fully saturated rings.